The molecule has 0 unspecified atom stereocenters. The molecule has 0 amide bonds. The van der Waals surface area contributed by atoms with E-state index >= 15 is 0 Å². The summed E-state index contributed by atoms with van der Waals surface area (Å²) in [5, 5.41) is 0. The van der Waals surface area contributed by atoms with Crippen LogP contribution in [0.15, 0.2) is 56.0 Å². The van der Waals surface area contributed by atoms with Gasteiger partial charge in [0, 0.05) is 12.1 Å². The van der Waals surface area contributed by atoms with E-state index in [1.807, 2.05) is 12.1 Å². The minimum absolute atomic E-state index is 0. The van der Waals surface area contributed by atoms with Gasteiger partial charge in [0.15, 0.2) is 0 Å². The molecule has 0 fully saturated rings. The van der Waals surface area contributed by atoms with Crippen LogP contribution in [0, 0.1) is 13.8 Å². The Kier molecular flexibility index (Phi) is 24.8. The molecule has 0 aliphatic heterocycles. The molecule has 0 bridgehead atoms. The van der Waals surface area contributed by atoms with Crippen molar-refractivity contribution < 1.29 is 21.6 Å². The predicted octanol–water partition coefficient (Wildman–Crippen LogP) is 6.47. The predicted molar refractivity (Wildman–Crippen MR) is 175 cm³/mol. The summed E-state index contributed by atoms with van der Waals surface area (Å²) in [6.45, 7) is 19.1. The summed E-state index contributed by atoms with van der Waals surface area (Å²) in [5.41, 5.74) is 2.53. The average Bonchev–Trinajstić information content (AvgIpc) is 2.84. The monoisotopic (exact) mass is 614 g/mol. The van der Waals surface area contributed by atoms with Crippen molar-refractivity contribution in [2.24, 2.45) is 0 Å². The zero-order chi connectivity index (χ0) is 26.7. The van der Waals surface area contributed by atoms with Gasteiger partial charge >= 0.3 is 17.1 Å². The van der Waals surface area contributed by atoms with E-state index in [1.165, 1.54) is 93.2 Å². The van der Waals surface area contributed by atoms with Crippen molar-refractivity contribution >= 4 is 50.5 Å². The van der Waals surface area contributed by atoms with Gasteiger partial charge in [0.25, 0.3) is 0 Å². The molecular weight excluding hydrogens is 558 g/mol. The quantitative estimate of drug-likeness (QED) is 0.146. The standard InChI is InChI=1S/C16H36N.2C7H8S2.Fe/c1-5-9-13-17(14-10-6-2,15-11-7-3)16-12-8-4;2*1-5-2-3-6(8)7(9)4-5;/h5-16H2,1-4H3;2*2-4,8-9H,1H3;/q+1;;;+3/p+4. The second-order valence-corrected chi connectivity index (χ2v) is 11.9. The van der Waals surface area contributed by atoms with Gasteiger partial charge in [-0.25, -0.2) is 0 Å². The topological polar surface area (TPSA) is 0 Å². The maximum Gasteiger partial charge on any atom is 3.00 e. The van der Waals surface area contributed by atoms with E-state index in [9.17, 15) is 0 Å². The normalized spacial score (nSPS) is 10.5. The smallest absolute Gasteiger partial charge is 0.324 e. The first kappa shape index (κ1) is 38.5. The summed E-state index contributed by atoms with van der Waals surface area (Å²) in [5.74, 6) is 0. The molecule has 0 saturated carbocycles. The molecule has 0 saturated heterocycles. The first-order valence-electron chi connectivity index (χ1n) is 13.6. The number of benzene rings is 2. The molecule has 2 aromatic rings. The van der Waals surface area contributed by atoms with E-state index in [-0.39, 0.29) is 17.1 Å². The second kappa shape index (κ2) is 23.2. The fourth-order valence-electron chi connectivity index (χ4n) is 3.96. The van der Waals surface area contributed by atoms with Crippen LogP contribution in [-0.2, 0) is 67.6 Å². The molecule has 1 radical (unpaired) electrons. The fraction of sp³-hybridized carbons (Fsp3) is 0.600. The zero-order valence-electron chi connectivity index (χ0n) is 23.8. The fourth-order valence-corrected chi connectivity index (χ4v) is 4.89. The maximum atomic E-state index is 3.45. The Bertz CT molecular complexity index is 727. The number of quaternary nitrogens is 1. The first-order chi connectivity index (χ1) is 16.6. The van der Waals surface area contributed by atoms with E-state index in [1.54, 1.807) is 0 Å². The average molecular weight is 615 g/mol. The Balaban J connectivity index is 0. The van der Waals surface area contributed by atoms with Crippen LogP contribution in [0.25, 0.3) is 0 Å². The summed E-state index contributed by atoms with van der Waals surface area (Å²) in [7, 11) is 0. The van der Waals surface area contributed by atoms with E-state index in [2.05, 4.69) is 116 Å². The summed E-state index contributed by atoms with van der Waals surface area (Å²) >= 11 is 13.7. The Morgan fingerprint density at radius 1 is 0.500 bits per heavy atom. The molecule has 2 rings (SSSR count). The van der Waals surface area contributed by atoms with Crippen molar-refractivity contribution in [1.29, 1.82) is 0 Å². The van der Waals surface area contributed by atoms with Crippen LogP contribution in [-0.4, -0.2) is 30.7 Å². The van der Waals surface area contributed by atoms with Crippen LogP contribution in [0.2, 0.25) is 0 Å². The third-order valence-electron chi connectivity index (χ3n) is 6.29. The number of rotatable bonds is 12. The van der Waals surface area contributed by atoms with Crippen LogP contribution >= 0.6 is 0 Å². The number of aryl methyl sites for hydroxylation is 2. The third kappa shape index (κ3) is 17.8. The van der Waals surface area contributed by atoms with Gasteiger partial charge in [-0.3, -0.25) is 0 Å². The van der Waals surface area contributed by atoms with E-state index in [4.69, 9.17) is 0 Å². The van der Waals surface area contributed by atoms with Crippen LogP contribution in [0.5, 0.6) is 0 Å². The Labute approximate surface area is 256 Å². The summed E-state index contributed by atoms with van der Waals surface area (Å²) < 4.78 is 1.42. The second-order valence-electron chi connectivity index (χ2n) is 9.75. The Morgan fingerprint density at radius 2 is 0.778 bits per heavy atom. The molecule has 205 valence electrons. The van der Waals surface area contributed by atoms with Crippen molar-refractivity contribution in [3.8, 4) is 0 Å². The number of hydrogen-bond acceptors (Lipinski definition) is 0. The van der Waals surface area contributed by atoms with Crippen LogP contribution in [0.3, 0.4) is 0 Å². The Morgan fingerprint density at radius 3 is 0.972 bits per heavy atom. The van der Waals surface area contributed by atoms with Crippen molar-refractivity contribution in [2.75, 3.05) is 26.2 Å². The minimum atomic E-state index is 0. The van der Waals surface area contributed by atoms with Crippen LogP contribution in [0.4, 0.5) is 0 Å². The zero-order valence-corrected chi connectivity index (χ0v) is 28.9. The van der Waals surface area contributed by atoms with Crippen molar-refractivity contribution in [3.63, 3.8) is 0 Å². The molecule has 0 N–H and O–H groups in total. The minimum Gasteiger partial charge on any atom is -0.324 e. The van der Waals surface area contributed by atoms with Gasteiger partial charge in [0.1, 0.15) is 0 Å². The summed E-state index contributed by atoms with van der Waals surface area (Å²) in [6.07, 6.45) is 11.1. The maximum absolute atomic E-state index is 3.45. The van der Waals surface area contributed by atoms with Crippen LogP contribution in [0.1, 0.15) is 90.2 Å². The van der Waals surface area contributed by atoms with Gasteiger partial charge < -0.3 is 4.48 Å². The molecule has 0 aromatic heterocycles. The summed E-state index contributed by atoms with van der Waals surface area (Å²) in [4.78, 5) is 4.40. The van der Waals surface area contributed by atoms with E-state index in [0.717, 1.165) is 19.6 Å². The molecule has 0 aliphatic carbocycles. The van der Waals surface area contributed by atoms with Crippen molar-refractivity contribution in [2.45, 2.75) is 112 Å². The number of unbranched alkanes of at least 4 members (excludes halogenated alkanes) is 4. The molecule has 0 heterocycles. The molecular formula is C30H56FeNS4+8. The summed E-state index contributed by atoms with van der Waals surface area (Å²) in [6, 6.07) is 12.3. The number of nitrogens with zero attached hydrogens (tertiary/aromatic N) is 1. The first-order valence-corrected chi connectivity index (χ1v) is 15.6. The molecule has 2 aromatic carbocycles. The third-order valence-corrected chi connectivity index (χ3v) is 8.49. The molecule has 0 atom stereocenters. The molecule has 36 heavy (non-hydrogen) atoms. The Hall–Kier alpha value is 0.319. The van der Waals surface area contributed by atoms with Crippen molar-refractivity contribution in [1.82, 2.24) is 0 Å². The van der Waals surface area contributed by atoms with Crippen LogP contribution < -0.4 is 0 Å². The van der Waals surface area contributed by atoms with Gasteiger partial charge in [-0.1, -0.05) is 65.5 Å². The molecule has 6 heteroatoms. The van der Waals surface area contributed by atoms with E-state index in [0.29, 0.717) is 0 Å². The molecule has 0 aliphatic rings. The van der Waals surface area contributed by atoms with Gasteiger partial charge in [-0.05, 0) is 113 Å². The SMILES string of the molecule is CCCC[N+](CCCC)(CCCC)CCCC.Cc1ccc([SH2+])c([SH2+])c1.Cc1ccc([SH2+])c([SH2+])c1.[Fe+3]. The molecule has 0 spiro atoms. The van der Waals surface area contributed by atoms with Gasteiger partial charge in [0.05, 0.1) is 26.2 Å². The number of hydrogen-bond donors (Lipinski definition) is 0. The van der Waals surface area contributed by atoms with Gasteiger partial charge in [0.2, 0.25) is 19.6 Å². The van der Waals surface area contributed by atoms with E-state index < -0.39 is 0 Å². The van der Waals surface area contributed by atoms with Gasteiger partial charge in [-0.2, -0.15) is 0 Å². The van der Waals surface area contributed by atoms with Crippen molar-refractivity contribution in [3.05, 3.63) is 47.5 Å². The largest absolute Gasteiger partial charge is 3.00 e. The van der Waals surface area contributed by atoms with Gasteiger partial charge in [-0.15, -0.1) is 0 Å². The molecule has 1 nitrogen and oxygen atoms in total.